The van der Waals surface area contributed by atoms with Gasteiger partial charge in [-0.3, -0.25) is 38.6 Å². The first-order valence-corrected chi connectivity index (χ1v) is 11.2. The van der Waals surface area contributed by atoms with Crippen LogP contribution in [0.2, 0.25) is 0 Å². The van der Waals surface area contributed by atoms with E-state index in [1.807, 2.05) is 0 Å². The summed E-state index contributed by atoms with van der Waals surface area (Å²) in [5, 5.41) is 6.29. The monoisotopic (exact) mass is 604 g/mol. The number of nitrogens with one attached hydrogen (secondary N) is 6. The van der Waals surface area contributed by atoms with E-state index in [1.54, 1.807) is 9.80 Å². The maximum Gasteiger partial charge on any atom is 0.317 e. The SMILES string of the molecule is O=C(Cl)NC(CN1CCN(CC(NC(=O)Cl)(NC(=O)Cl)NC(=O)Cl)CC1)(NC(=O)Cl)NC(=O)Cl. The molecule has 0 aliphatic carbocycles. The van der Waals surface area contributed by atoms with Crippen molar-refractivity contribution >= 4 is 102 Å². The number of nitrogens with zero attached hydrogens (tertiary/aromatic N) is 2. The number of halogens is 6. The number of carbonyl (C=O) groups excluding carboxylic acids is 6. The molecule has 0 saturated carbocycles. The molecule has 0 unspecified atom stereocenters. The van der Waals surface area contributed by atoms with Crippen molar-refractivity contribution in [2.45, 2.75) is 11.6 Å². The Morgan fingerprint density at radius 2 is 0.647 bits per heavy atom. The van der Waals surface area contributed by atoms with Crippen LogP contribution in [-0.2, 0) is 0 Å². The molecule has 0 atom stereocenters. The van der Waals surface area contributed by atoms with Crippen LogP contribution >= 0.6 is 69.6 Å². The summed E-state index contributed by atoms with van der Waals surface area (Å²) < 4.78 is 0. The van der Waals surface area contributed by atoms with Gasteiger partial charge in [0.2, 0.25) is 11.6 Å². The van der Waals surface area contributed by atoms with E-state index in [4.69, 9.17) is 69.6 Å². The Hall–Kier alpha value is -1.52. The van der Waals surface area contributed by atoms with Crippen molar-refractivity contribution in [2.75, 3.05) is 39.3 Å². The molecule has 1 saturated heterocycles. The van der Waals surface area contributed by atoms with Gasteiger partial charge < -0.3 is 31.9 Å². The summed E-state index contributed by atoms with van der Waals surface area (Å²) in [4.78, 5) is 72.0. The summed E-state index contributed by atoms with van der Waals surface area (Å²) in [5.41, 5.74) is 0. The zero-order valence-corrected chi connectivity index (χ0v) is 21.4. The van der Waals surface area contributed by atoms with Crippen LogP contribution in [0, 0.1) is 0 Å². The molecule has 1 fully saturated rings. The molecule has 14 nitrogen and oxygen atoms in total. The van der Waals surface area contributed by atoms with E-state index in [1.165, 1.54) is 0 Å². The van der Waals surface area contributed by atoms with Crippen LogP contribution in [0.25, 0.3) is 0 Å². The summed E-state index contributed by atoms with van der Waals surface area (Å²) in [5.74, 6) is -3.87. The van der Waals surface area contributed by atoms with Crippen molar-refractivity contribution in [1.29, 1.82) is 0 Å². The first kappa shape index (κ1) is 30.5. The minimum absolute atomic E-state index is 0.212. The smallest absolute Gasteiger partial charge is 0.301 e. The fourth-order valence-electron chi connectivity index (χ4n) is 3.21. The molecule has 6 amide bonds. The Balaban J connectivity index is 2.98. The highest BCUT2D eigenvalue weighted by Gasteiger charge is 2.40. The van der Waals surface area contributed by atoms with Crippen molar-refractivity contribution in [2.24, 2.45) is 0 Å². The van der Waals surface area contributed by atoms with Gasteiger partial charge in [-0.05, 0) is 69.6 Å². The standard InChI is InChI=1S/C14H18Cl6N8O6/c15-7(29)21-13(22-8(16)30,23-9(17)31)5-27-1-2-28(4-3-27)6-14(24-10(18)32,25-11(19)33)26-12(20)34/h1-6H2,(H,21,29)(H,22,30)(H,23,31)(H,24,32)(H,25,33)(H,26,34). The molecule has 6 N–H and O–H groups in total. The van der Waals surface area contributed by atoms with Gasteiger partial charge in [0.15, 0.2) is 0 Å². The lowest BCUT2D eigenvalue weighted by Crippen LogP contribution is -2.75. The second-order valence-corrected chi connectivity index (χ2v) is 8.81. The maximum atomic E-state index is 11.4. The zero-order chi connectivity index (χ0) is 26.1. The fraction of sp³-hybridized carbons (Fsp3) is 0.571. The average Bonchev–Trinajstić information content (AvgIpc) is 2.59. The highest BCUT2D eigenvalue weighted by molar-refractivity contribution is 6.65. The Morgan fingerprint density at radius 1 is 0.471 bits per heavy atom. The highest BCUT2D eigenvalue weighted by atomic mass is 35.5. The molecule has 20 heteroatoms. The van der Waals surface area contributed by atoms with Crippen LogP contribution in [0.1, 0.15) is 0 Å². The second-order valence-electron chi connectivity index (χ2n) is 6.76. The van der Waals surface area contributed by atoms with E-state index in [9.17, 15) is 28.8 Å². The molecule has 0 bridgehead atoms. The quantitative estimate of drug-likeness (QED) is 0.123. The summed E-state index contributed by atoms with van der Waals surface area (Å²) in [6, 6.07) is 0. The lowest BCUT2D eigenvalue weighted by Gasteiger charge is -2.44. The van der Waals surface area contributed by atoms with E-state index < -0.39 is 43.8 Å². The normalized spacial score (nSPS) is 15.0. The number of amides is 6. The molecule has 0 aromatic heterocycles. The third kappa shape index (κ3) is 11.3. The third-order valence-electron chi connectivity index (χ3n) is 4.26. The highest BCUT2D eigenvalue weighted by Crippen LogP contribution is 2.12. The van der Waals surface area contributed by atoms with E-state index in [0.29, 0.717) is 0 Å². The van der Waals surface area contributed by atoms with E-state index in [-0.39, 0.29) is 39.3 Å². The molecule has 1 aliphatic heterocycles. The van der Waals surface area contributed by atoms with Gasteiger partial charge in [-0.15, -0.1) is 0 Å². The Morgan fingerprint density at radius 3 is 0.794 bits per heavy atom. The lowest BCUT2D eigenvalue weighted by molar-refractivity contribution is 0.0648. The molecule has 1 aliphatic rings. The predicted octanol–water partition coefficient (Wildman–Crippen LogP) is 1.60. The van der Waals surface area contributed by atoms with Crippen molar-refractivity contribution in [3.05, 3.63) is 0 Å². The molecule has 192 valence electrons. The van der Waals surface area contributed by atoms with Crippen LogP contribution in [0.5, 0.6) is 0 Å². The molecular formula is C14H18Cl6N8O6. The van der Waals surface area contributed by atoms with Gasteiger partial charge in [-0.25, -0.2) is 0 Å². The topological polar surface area (TPSA) is 181 Å². The van der Waals surface area contributed by atoms with E-state index >= 15 is 0 Å². The van der Waals surface area contributed by atoms with Crippen LogP contribution in [0.4, 0.5) is 28.8 Å². The number of carbonyl (C=O) groups is 6. The molecule has 1 rings (SSSR count). The van der Waals surface area contributed by atoms with Gasteiger partial charge in [-0.1, -0.05) is 0 Å². The van der Waals surface area contributed by atoms with Gasteiger partial charge in [0.25, 0.3) is 0 Å². The largest absolute Gasteiger partial charge is 0.317 e. The molecule has 34 heavy (non-hydrogen) atoms. The maximum absolute atomic E-state index is 11.4. The first-order valence-electron chi connectivity index (χ1n) is 8.96. The van der Waals surface area contributed by atoms with Crippen LogP contribution < -0.4 is 31.9 Å². The predicted molar refractivity (Wildman–Crippen MR) is 125 cm³/mol. The van der Waals surface area contributed by atoms with E-state index in [2.05, 4.69) is 31.9 Å². The third-order valence-corrected chi connectivity index (χ3v) is 4.82. The Bertz CT molecular complexity index is 679. The van der Waals surface area contributed by atoms with Gasteiger partial charge >= 0.3 is 32.2 Å². The van der Waals surface area contributed by atoms with E-state index in [0.717, 1.165) is 0 Å². The number of hydrogen-bond acceptors (Lipinski definition) is 8. The first-order chi connectivity index (χ1) is 15.7. The fourth-order valence-corrected chi connectivity index (χ4v) is 4.18. The summed E-state index contributed by atoms with van der Waals surface area (Å²) >= 11 is 32.2. The molecule has 0 aromatic carbocycles. The van der Waals surface area contributed by atoms with Crippen LogP contribution in [0.15, 0.2) is 0 Å². The minimum Gasteiger partial charge on any atom is -0.301 e. The zero-order valence-electron chi connectivity index (χ0n) is 16.9. The van der Waals surface area contributed by atoms with Crippen molar-refractivity contribution < 1.29 is 28.8 Å². The van der Waals surface area contributed by atoms with Gasteiger partial charge in [-0.2, -0.15) is 0 Å². The van der Waals surface area contributed by atoms with Crippen molar-refractivity contribution in [1.82, 2.24) is 41.7 Å². The number of rotatable bonds is 10. The number of piperazine rings is 1. The Labute approximate surface area is 222 Å². The van der Waals surface area contributed by atoms with Crippen molar-refractivity contribution in [3.63, 3.8) is 0 Å². The van der Waals surface area contributed by atoms with Gasteiger partial charge in [0.05, 0.1) is 13.1 Å². The summed E-state index contributed by atoms with van der Waals surface area (Å²) in [6.07, 6.45) is 0. The van der Waals surface area contributed by atoms with Crippen LogP contribution in [0.3, 0.4) is 0 Å². The Kier molecular flexibility index (Phi) is 12.1. The molecule has 0 aromatic rings. The second kappa shape index (κ2) is 13.5. The molecule has 0 radical (unpaired) electrons. The van der Waals surface area contributed by atoms with Gasteiger partial charge in [0.1, 0.15) is 0 Å². The summed E-state index contributed by atoms with van der Waals surface area (Å²) in [7, 11) is 0. The van der Waals surface area contributed by atoms with Crippen LogP contribution in [-0.4, -0.2) is 92.8 Å². The summed E-state index contributed by atoms with van der Waals surface area (Å²) in [6.45, 7) is 0.540. The van der Waals surface area contributed by atoms with Crippen molar-refractivity contribution in [3.8, 4) is 0 Å². The average molecular weight is 607 g/mol. The van der Waals surface area contributed by atoms with Gasteiger partial charge in [0, 0.05) is 26.2 Å². The number of hydrogen-bond donors (Lipinski definition) is 6. The minimum atomic E-state index is -1.94. The molecule has 1 heterocycles. The molecule has 0 spiro atoms. The molecular weight excluding hydrogens is 589 g/mol. The lowest BCUT2D eigenvalue weighted by atomic mass is 10.2.